The summed E-state index contributed by atoms with van der Waals surface area (Å²) in [6.45, 7) is 11.7. The fourth-order valence-corrected chi connectivity index (χ4v) is 3.64. The standard InChI is InChI=1S/C19H30N4O/c1-16-17(2)23(9-8-20-16)19(24)15-22-12-10-21(11-13-22)14-18-6-4-3-5-7-18/h3-7,16-17,20H,8-15H2,1-2H3. The van der Waals surface area contributed by atoms with Crippen LogP contribution in [0.3, 0.4) is 0 Å². The van der Waals surface area contributed by atoms with Gasteiger partial charge in [0.15, 0.2) is 0 Å². The van der Waals surface area contributed by atoms with Crippen LogP contribution >= 0.6 is 0 Å². The Balaban J connectivity index is 1.44. The molecule has 0 aliphatic carbocycles. The highest BCUT2D eigenvalue weighted by molar-refractivity contribution is 5.78. The van der Waals surface area contributed by atoms with Gasteiger partial charge >= 0.3 is 0 Å². The van der Waals surface area contributed by atoms with Crippen LogP contribution in [0.15, 0.2) is 30.3 Å². The van der Waals surface area contributed by atoms with Gasteiger partial charge in [0.25, 0.3) is 0 Å². The van der Waals surface area contributed by atoms with Gasteiger partial charge in [-0.05, 0) is 19.4 Å². The monoisotopic (exact) mass is 330 g/mol. The molecule has 0 bridgehead atoms. The lowest BCUT2D eigenvalue weighted by molar-refractivity contribution is -0.136. The molecule has 2 aliphatic rings. The molecule has 2 atom stereocenters. The largest absolute Gasteiger partial charge is 0.336 e. The molecule has 2 fully saturated rings. The Labute approximate surface area is 145 Å². The summed E-state index contributed by atoms with van der Waals surface area (Å²) in [6.07, 6.45) is 0. The zero-order valence-electron chi connectivity index (χ0n) is 14.9. The fourth-order valence-electron chi connectivity index (χ4n) is 3.64. The Morgan fingerprint density at radius 2 is 1.71 bits per heavy atom. The maximum absolute atomic E-state index is 12.6. The summed E-state index contributed by atoms with van der Waals surface area (Å²) >= 11 is 0. The van der Waals surface area contributed by atoms with Crippen molar-refractivity contribution in [1.82, 2.24) is 20.0 Å². The number of nitrogens with zero attached hydrogens (tertiary/aromatic N) is 3. The van der Waals surface area contributed by atoms with Crippen molar-refractivity contribution >= 4 is 5.91 Å². The second-order valence-electron chi connectivity index (χ2n) is 7.11. The van der Waals surface area contributed by atoms with Crippen LogP contribution in [0.1, 0.15) is 19.4 Å². The lowest BCUT2D eigenvalue weighted by Gasteiger charge is -2.40. The summed E-state index contributed by atoms with van der Waals surface area (Å²) in [6, 6.07) is 11.3. The van der Waals surface area contributed by atoms with E-state index in [1.807, 2.05) is 0 Å². The molecule has 2 aliphatic heterocycles. The van der Waals surface area contributed by atoms with Gasteiger partial charge in [-0.2, -0.15) is 0 Å². The first-order valence-electron chi connectivity index (χ1n) is 9.15. The zero-order valence-corrected chi connectivity index (χ0v) is 14.9. The minimum absolute atomic E-state index is 0.283. The van der Waals surface area contributed by atoms with Crippen LogP contribution in [0.25, 0.3) is 0 Å². The topological polar surface area (TPSA) is 38.8 Å². The molecule has 2 saturated heterocycles. The highest BCUT2D eigenvalue weighted by Gasteiger charge is 2.29. The van der Waals surface area contributed by atoms with Gasteiger partial charge in [-0.25, -0.2) is 0 Å². The van der Waals surface area contributed by atoms with Crippen molar-refractivity contribution in [1.29, 1.82) is 0 Å². The highest BCUT2D eigenvalue weighted by Crippen LogP contribution is 2.12. The normalized spacial score (nSPS) is 26.5. The zero-order chi connectivity index (χ0) is 16.9. The number of amides is 1. The molecule has 1 aromatic rings. The predicted octanol–water partition coefficient (Wildman–Crippen LogP) is 1.01. The van der Waals surface area contributed by atoms with Crippen LogP contribution in [0.4, 0.5) is 0 Å². The molecule has 132 valence electrons. The molecule has 1 amide bonds. The van der Waals surface area contributed by atoms with E-state index in [4.69, 9.17) is 0 Å². The second-order valence-corrected chi connectivity index (χ2v) is 7.11. The van der Waals surface area contributed by atoms with Crippen molar-refractivity contribution in [3.63, 3.8) is 0 Å². The molecule has 5 heteroatoms. The van der Waals surface area contributed by atoms with Crippen molar-refractivity contribution in [3.05, 3.63) is 35.9 Å². The maximum atomic E-state index is 12.6. The van der Waals surface area contributed by atoms with Gasteiger partial charge in [0.05, 0.1) is 6.54 Å². The molecule has 5 nitrogen and oxygen atoms in total. The molecular weight excluding hydrogens is 300 g/mol. The molecular formula is C19H30N4O. The van der Waals surface area contributed by atoms with Gasteiger partial charge in [0, 0.05) is 57.9 Å². The van der Waals surface area contributed by atoms with Crippen molar-refractivity contribution < 1.29 is 4.79 Å². The summed E-state index contributed by atoms with van der Waals surface area (Å²) in [5.41, 5.74) is 1.37. The Kier molecular flexibility index (Phi) is 5.87. The van der Waals surface area contributed by atoms with Gasteiger partial charge in [-0.3, -0.25) is 14.6 Å². The third kappa shape index (κ3) is 4.35. The van der Waals surface area contributed by atoms with Gasteiger partial charge < -0.3 is 10.2 Å². The Hall–Kier alpha value is -1.43. The van der Waals surface area contributed by atoms with Crippen molar-refractivity contribution in [2.45, 2.75) is 32.5 Å². The van der Waals surface area contributed by atoms with E-state index in [0.717, 1.165) is 45.8 Å². The van der Waals surface area contributed by atoms with Crippen LogP contribution in [0, 0.1) is 0 Å². The van der Waals surface area contributed by atoms with E-state index in [9.17, 15) is 4.79 Å². The van der Waals surface area contributed by atoms with Crippen molar-refractivity contribution in [2.24, 2.45) is 0 Å². The summed E-state index contributed by atoms with van der Waals surface area (Å²) in [7, 11) is 0. The maximum Gasteiger partial charge on any atom is 0.237 e. The molecule has 0 spiro atoms. The molecule has 1 aromatic carbocycles. The third-order valence-corrected chi connectivity index (χ3v) is 5.43. The average molecular weight is 330 g/mol. The SMILES string of the molecule is CC1NCCN(C(=O)CN2CCN(Cc3ccccc3)CC2)C1C. The smallest absolute Gasteiger partial charge is 0.237 e. The first-order chi connectivity index (χ1) is 11.6. The first kappa shape index (κ1) is 17.4. The summed E-state index contributed by atoms with van der Waals surface area (Å²) in [5, 5.41) is 3.44. The van der Waals surface area contributed by atoms with E-state index in [0.29, 0.717) is 12.6 Å². The van der Waals surface area contributed by atoms with Crippen LogP contribution in [-0.4, -0.2) is 78.5 Å². The minimum atomic E-state index is 0.283. The number of carbonyl (C=O) groups excluding carboxylic acids is 1. The van der Waals surface area contributed by atoms with Crippen molar-refractivity contribution in [2.75, 3.05) is 45.8 Å². The number of benzene rings is 1. The van der Waals surface area contributed by atoms with E-state index >= 15 is 0 Å². The quantitative estimate of drug-likeness (QED) is 0.894. The Bertz CT molecular complexity index is 527. The van der Waals surface area contributed by atoms with Crippen LogP contribution < -0.4 is 5.32 Å². The molecule has 1 N–H and O–H groups in total. The molecule has 0 saturated carbocycles. The van der Waals surface area contributed by atoms with E-state index in [-0.39, 0.29) is 11.9 Å². The lowest BCUT2D eigenvalue weighted by atomic mass is 10.1. The van der Waals surface area contributed by atoms with E-state index in [1.165, 1.54) is 5.56 Å². The summed E-state index contributed by atoms with van der Waals surface area (Å²) < 4.78 is 0. The first-order valence-corrected chi connectivity index (χ1v) is 9.15. The van der Waals surface area contributed by atoms with E-state index in [1.54, 1.807) is 0 Å². The molecule has 3 rings (SSSR count). The highest BCUT2D eigenvalue weighted by atomic mass is 16.2. The molecule has 0 radical (unpaired) electrons. The molecule has 24 heavy (non-hydrogen) atoms. The average Bonchev–Trinajstić information content (AvgIpc) is 2.60. The number of carbonyl (C=O) groups is 1. The van der Waals surface area contributed by atoms with Gasteiger partial charge in [-0.15, -0.1) is 0 Å². The van der Waals surface area contributed by atoms with Gasteiger partial charge in [0.1, 0.15) is 0 Å². The van der Waals surface area contributed by atoms with Crippen LogP contribution in [-0.2, 0) is 11.3 Å². The lowest BCUT2D eigenvalue weighted by Crippen LogP contribution is -2.59. The number of nitrogens with one attached hydrogen (secondary N) is 1. The molecule has 0 aromatic heterocycles. The number of piperazine rings is 2. The van der Waals surface area contributed by atoms with Crippen LogP contribution in [0.2, 0.25) is 0 Å². The second kappa shape index (κ2) is 8.10. The number of hydrogen-bond acceptors (Lipinski definition) is 4. The molecule has 2 unspecified atom stereocenters. The molecule has 2 heterocycles. The van der Waals surface area contributed by atoms with Crippen LogP contribution in [0.5, 0.6) is 0 Å². The number of hydrogen-bond donors (Lipinski definition) is 1. The van der Waals surface area contributed by atoms with E-state index in [2.05, 4.69) is 64.2 Å². The number of rotatable bonds is 4. The van der Waals surface area contributed by atoms with E-state index < -0.39 is 0 Å². The van der Waals surface area contributed by atoms with Gasteiger partial charge in [0.2, 0.25) is 5.91 Å². The third-order valence-electron chi connectivity index (χ3n) is 5.43. The minimum Gasteiger partial charge on any atom is -0.336 e. The summed E-state index contributed by atoms with van der Waals surface area (Å²) in [4.78, 5) is 19.5. The predicted molar refractivity (Wildman–Crippen MR) is 96.8 cm³/mol. The van der Waals surface area contributed by atoms with Gasteiger partial charge in [-0.1, -0.05) is 30.3 Å². The van der Waals surface area contributed by atoms with Crippen molar-refractivity contribution in [3.8, 4) is 0 Å². The fraction of sp³-hybridized carbons (Fsp3) is 0.632. The Morgan fingerprint density at radius 1 is 1.04 bits per heavy atom. The summed E-state index contributed by atoms with van der Waals surface area (Å²) in [5.74, 6) is 0.285. The Morgan fingerprint density at radius 3 is 2.42 bits per heavy atom.